The minimum atomic E-state index is -3.05. The zero-order chi connectivity index (χ0) is 6.62. The Balaban J connectivity index is 3.42. The maximum absolute atomic E-state index is 10.2. The Morgan fingerprint density at radius 1 is 1.50 bits per heavy atom. The van der Waals surface area contributed by atoms with Gasteiger partial charge in [-0.25, -0.2) is 13.8 Å². The molecule has 0 aromatic rings. The Morgan fingerprint density at radius 3 is 2.12 bits per heavy atom. The summed E-state index contributed by atoms with van der Waals surface area (Å²) < 4.78 is 20.4. The van der Waals surface area contributed by atoms with Crippen molar-refractivity contribution in [1.29, 1.82) is 0 Å². The molecule has 0 heterocycles. The van der Waals surface area contributed by atoms with E-state index in [0.29, 0.717) is 6.54 Å². The first kappa shape index (κ1) is 7.87. The van der Waals surface area contributed by atoms with E-state index in [1.165, 1.54) is 0 Å². The molecule has 50 valence electrons. The van der Waals surface area contributed by atoms with Gasteiger partial charge in [0.1, 0.15) is 0 Å². The van der Waals surface area contributed by atoms with Crippen LogP contribution in [0, 0.1) is 0 Å². The van der Waals surface area contributed by atoms with Gasteiger partial charge in [0, 0.05) is 6.54 Å². The van der Waals surface area contributed by atoms with Crippen molar-refractivity contribution in [2.75, 3.05) is 12.8 Å². The second-order valence-electron chi connectivity index (χ2n) is 1.40. The molecule has 0 saturated carbocycles. The first-order valence-electron chi connectivity index (χ1n) is 2.26. The lowest BCUT2D eigenvalue weighted by molar-refractivity contribution is 0.567. The van der Waals surface area contributed by atoms with Crippen LogP contribution >= 0.6 is 0 Å². The van der Waals surface area contributed by atoms with Crippen LogP contribution in [0.2, 0.25) is 0 Å². The average Bonchev–Trinajstić information content (AvgIpc) is 1.59. The van der Waals surface area contributed by atoms with E-state index in [-0.39, 0.29) is 0 Å². The van der Waals surface area contributed by atoms with Crippen LogP contribution < -0.4 is 10.3 Å². The smallest absolute Gasteiger partial charge is 0.221 e. The molecule has 0 fully saturated rings. The van der Waals surface area contributed by atoms with E-state index in [4.69, 9.17) is 0 Å². The molecule has 0 aliphatic heterocycles. The van der Waals surface area contributed by atoms with Crippen LogP contribution in [0.3, 0.4) is 0 Å². The highest BCUT2D eigenvalue weighted by Gasteiger charge is 1.94. The predicted octanol–water partition coefficient (Wildman–Crippen LogP) is -0.940. The second kappa shape index (κ2) is 3.01. The number of sulfonamides is 1. The molecule has 0 aliphatic carbocycles. The fourth-order valence-electron chi connectivity index (χ4n) is 0.203. The highest BCUT2D eigenvalue weighted by atomic mass is 32.2. The summed E-state index contributed by atoms with van der Waals surface area (Å²) in [6, 6.07) is 0. The fraction of sp³-hybridized carbons (Fsp3) is 1.00. The Hall–Kier alpha value is -0.130. The van der Waals surface area contributed by atoms with Crippen LogP contribution in [-0.2, 0) is 10.0 Å². The van der Waals surface area contributed by atoms with Crippen LogP contribution in [0.4, 0.5) is 0 Å². The number of nitrogens with one attached hydrogen (secondary N) is 2. The van der Waals surface area contributed by atoms with Gasteiger partial charge < -0.3 is 0 Å². The van der Waals surface area contributed by atoms with Crippen molar-refractivity contribution in [2.45, 2.75) is 6.92 Å². The van der Waals surface area contributed by atoms with Gasteiger partial charge in [-0.2, -0.15) is 4.83 Å². The molecule has 0 aliphatic rings. The van der Waals surface area contributed by atoms with E-state index in [0.717, 1.165) is 6.26 Å². The van der Waals surface area contributed by atoms with Crippen LogP contribution in [0.5, 0.6) is 0 Å². The molecule has 0 amide bonds. The normalized spacial score (nSPS) is 11.8. The van der Waals surface area contributed by atoms with Crippen molar-refractivity contribution >= 4 is 10.0 Å². The maximum atomic E-state index is 10.2. The summed E-state index contributed by atoms with van der Waals surface area (Å²) in [6.45, 7) is 2.39. The van der Waals surface area contributed by atoms with E-state index >= 15 is 0 Å². The Morgan fingerprint density at radius 2 is 2.00 bits per heavy atom. The lowest BCUT2D eigenvalue weighted by Gasteiger charge is -1.98. The summed E-state index contributed by atoms with van der Waals surface area (Å²) in [5, 5.41) is 0. The van der Waals surface area contributed by atoms with Gasteiger partial charge in [0.2, 0.25) is 10.0 Å². The van der Waals surface area contributed by atoms with Gasteiger partial charge in [-0.3, -0.25) is 0 Å². The standard InChI is InChI=1S/C3H10N2O2S/c1-3-4-5-8(2,6)7/h4-5H,3H2,1-2H3. The van der Waals surface area contributed by atoms with Crippen LogP contribution in [0.1, 0.15) is 6.92 Å². The van der Waals surface area contributed by atoms with Gasteiger partial charge in [-0.15, -0.1) is 0 Å². The first-order chi connectivity index (χ1) is 3.56. The highest BCUT2D eigenvalue weighted by Crippen LogP contribution is 1.64. The summed E-state index contributed by atoms with van der Waals surface area (Å²) in [6.07, 6.45) is 1.09. The monoisotopic (exact) mass is 138 g/mol. The molecule has 4 nitrogen and oxygen atoms in total. The number of hydrazine groups is 1. The molecule has 5 heteroatoms. The fourth-order valence-corrected chi connectivity index (χ4v) is 0.610. The van der Waals surface area contributed by atoms with Crippen molar-refractivity contribution in [3.63, 3.8) is 0 Å². The lowest BCUT2D eigenvalue weighted by Crippen LogP contribution is -2.36. The van der Waals surface area contributed by atoms with Gasteiger partial charge in [-0.05, 0) is 0 Å². The third-order valence-electron chi connectivity index (χ3n) is 0.434. The summed E-state index contributed by atoms with van der Waals surface area (Å²) in [5.41, 5.74) is 2.45. The van der Waals surface area contributed by atoms with Crippen LogP contribution in [0.15, 0.2) is 0 Å². The molecular weight excluding hydrogens is 128 g/mol. The topological polar surface area (TPSA) is 58.2 Å². The Bertz CT molecular complexity index is 139. The number of hydrogen-bond donors (Lipinski definition) is 2. The molecule has 0 rings (SSSR count). The quantitative estimate of drug-likeness (QED) is 0.495. The van der Waals surface area contributed by atoms with Crippen molar-refractivity contribution < 1.29 is 8.42 Å². The number of rotatable bonds is 3. The van der Waals surface area contributed by atoms with Gasteiger partial charge in [-0.1, -0.05) is 6.92 Å². The zero-order valence-corrected chi connectivity index (χ0v) is 5.75. The molecule has 0 atom stereocenters. The van der Waals surface area contributed by atoms with Crippen LogP contribution in [0.25, 0.3) is 0 Å². The van der Waals surface area contributed by atoms with Crippen molar-refractivity contribution in [3.05, 3.63) is 0 Å². The summed E-state index contributed by atoms with van der Waals surface area (Å²) in [4.78, 5) is 2.09. The second-order valence-corrected chi connectivity index (χ2v) is 3.15. The summed E-state index contributed by atoms with van der Waals surface area (Å²) in [5.74, 6) is 0. The van der Waals surface area contributed by atoms with Gasteiger partial charge in [0.25, 0.3) is 0 Å². The molecule has 0 aromatic heterocycles. The van der Waals surface area contributed by atoms with E-state index in [1.807, 2.05) is 0 Å². The maximum Gasteiger partial charge on any atom is 0.221 e. The Kier molecular flexibility index (Phi) is 2.96. The minimum absolute atomic E-state index is 0.590. The Labute approximate surface area is 49.3 Å². The molecular formula is C3H10N2O2S. The van der Waals surface area contributed by atoms with Gasteiger partial charge in [0.15, 0.2) is 0 Å². The zero-order valence-electron chi connectivity index (χ0n) is 4.93. The molecule has 8 heavy (non-hydrogen) atoms. The lowest BCUT2D eigenvalue weighted by atomic mass is 10.8. The predicted molar refractivity (Wildman–Crippen MR) is 31.7 cm³/mol. The van der Waals surface area contributed by atoms with Gasteiger partial charge in [0.05, 0.1) is 6.26 Å². The van der Waals surface area contributed by atoms with Crippen LogP contribution in [-0.4, -0.2) is 21.2 Å². The van der Waals surface area contributed by atoms with E-state index in [1.54, 1.807) is 6.92 Å². The van der Waals surface area contributed by atoms with Crippen molar-refractivity contribution in [1.82, 2.24) is 10.3 Å². The number of hydrogen-bond acceptors (Lipinski definition) is 3. The molecule has 0 radical (unpaired) electrons. The molecule has 0 aromatic carbocycles. The molecule has 2 N–H and O–H groups in total. The first-order valence-corrected chi connectivity index (χ1v) is 4.15. The third-order valence-corrected chi connectivity index (χ3v) is 0.949. The molecule has 0 spiro atoms. The summed E-state index contributed by atoms with van der Waals surface area (Å²) >= 11 is 0. The SMILES string of the molecule is CCNNS(C)(=O)=O. The minimum Gasteiger partial charge on any atom is -0.244 e. The van der Waals surface area contributed by atoms with Gasteiger partial charge >= 0.3 is 0 Å². The summed E-state index contributed by atoms with van der Waals surface area (Å²) in [7, 11) is -3.05. The third kappa shape index (κ3) is 5.87. The van der Waals surface area contributed by atoms with Crippen molar-refractivity contribution in [3.8, 4) is 0 Å². The van der Waals surface area contributed by atoms with E-state index < -0.39 is 10.0 Å². The molecule has 0 bridgehead atoms. The largest absolute Gasteiger partial charge is 0.244 e. The highest BCUT2D eigenvalue weighted by molar-refractivity contribution is 7.88. The van der Waals surface area contributed by atoms with Crippen molar-refractivity contribution in [2.24, 2.45) is 0 Å². The average molecular weight is 138 g/mol. The van der Waals surface area contributed by atoms with E-state index in [2.05, 4.69) is 10.3 Å². The van der Waals surface area contributed by atoms with E-state index in [9.17, 15) is 8.42 Å². The molecule has 0 unspecified atom stereocenters. The molecule has 0 saturated heterocycles.